The third-order valence-corrected chi connectivity index (χ3v) is 5.12. The lowest BCUT2D eigenvalue weighted by Gasteiger charge is -2.16. The van der Waals surface area contributed by atoms with Gasteiger partial charge in [-0.2, -0.15) is 0 Å². The van der Waals surface area contributed by atoms with Crippen LogP contribution in [0.2, 0.25) is 0 Å². The quantitative estimate of drug-likeness (QED) is 0.327. The number of aromatic amines is 1. The van der Waals surface area contributed by atoms with E-state index in [9.17, 15) is 10.2 Å². The van der Waals surface area contributed by atoms with Crippen molar-refractivity contribution in [2.24, 2.45) is 0 Å². The number of methoxy groups -OCH3 is 1. The van der Waals surface area contributed by atoms with Gasteiger partial charge in [-0.25, -0.2) is 20.1 Å². The van der Waals surface area contributed by atoms with Gasteiger partial charge in [-0.3, -0.25) is 4.57 Å². The van der Waals surface area contributed by atoms with Crippen LogP contribution >= 0.6 is 0 Å². The molecule has 4 N–H and O–H groups in total. The summed E-state index contributed by atoms with van der Waals surface area (Å²) in [6.45, 7) is 0.519. The van der Waals surface area contributed by atoms with Crippen LogP contribution < -0.4 is 10.1 Å². The van der Waals surface area contributed by atoms with E-state index in [2.05, 4.69) is 40.9 Å². The van der Waals surface area contributed by atoms with E-state index in [0.29, 0.717) is 23.5 Å². The molecule has 0 radical (unpaired) electrons. The molecule has 0 spiro atoms. The van der Waals surface area contributed by atoms with E-state index in [1.807, 2.05) is 24.3 Å². The summed E-state index contributed by atoms with van der Waals surface area (Å²) in [6.07, 6.45) is -1.43. The second-order valence-corrected chi connectivity index (χ2v) is 6.96. The predicted molar refractivity (Wildman–Crippen MR) is 105 cm³/mol. The van der Waals surface area contributed by atoms with Gasteiger partial charge in [0.25, 0.3) is 0 Å². The molecule has 0 saturated carbocycles. The Kier molecular flexibility index (Phi) is 4.89. The number of anilines is 1. The van der Waals surface area contributed by atoms with Crippen LogP contribution in [0.5, 0.6) is 5.75 Å². The Balaban J connectivity index is 1.39. The van der Waals surface area contributed by atoms with Crippen LogP contribution in [0.15, 0.2) is 36.9 Å². The third kappa shape index (κ3) is 3.43. The van der Waals surface area contributed by atoms with Gasteiger partial charge in [0.1, 0.15) is 30.4 Å². The number of tetrazole rings is 1. The van der Waals surface area contributed by atoms with E-state index < -0.39 is 24.5 Å². The number of ether oxygens (including phenoxy) is 2. The SMILES string of the molecule is COc1ccc(CNc2ncnc3c2ncn3[C@@H]2O[C@H](c3nnn[nH]3)[C@H](O)[C@@H]2O)cc1. The van der Waals surface area contributed by atoms with Crippen molar-refractivity contribution in [2.75, 3.05) is 12.4 Å². The summed E-state index contributed by atoms with van der Waals surface area (Å²) < 4.78 is 12.6. The number of nitrogens with zero attached hydrogens (tertiary/aromatic N) is 7. The number of aliphatic hydroxyl groups is 2. The molecule has 0 bridgehead atoms. The Morgan fingerprint density at radius 3 is 2.74 bits per heavy atom. The monoisotopic (exact) mass is 425 g/mol. The largest absolute Gasteiger partial charge is 0.497 e. The Hall–Kier alpha value is -3.68. The number of benzene rings is 1. The van der Waals surface area contributed by atoms with Gasteiger partial charge in [0.15, 0.2) is 29.0 Å². The normalized spacial score (nSPS) is 23.3. The Bertz CT molecular complexity index is 1160. The summed E-state index contributed by atoms with van der Waals surface area (Å²) in [4.78, 5) is 12.9. The molecular weight excluding hydrogens is 406 g/mol. The van der Waals surface area contributed by atoms with Crippen LogP contribution in [-0.4, -0.2) is 69.7 Å². The molecule has 1 aliphatic rings. The molecule has 1 aromatic carbocycles. The van der Waals surface area contributed by atoms with Crippen molar-refractivity contribution in [2.45, 2.75) is 31.1 Å². The number of imidazole rings is 1. The highest BCUT2D eigenvalue weighted by molar-refractivity contribution is 5.82. The number of hydrogen-bond acceptors (Lipinski definition) is 11. The van der Waals surface area contributed by atoms with Gasteiger partial charge in [0.05, 0.1) is 13.4 Å². The van der Waals surface area contributed by atoms with Crippen molar-refractivity contribution < 1.29 is 19.7 Å². The number of aliphatic hydroxyl groups excluding tert-OH is 2. The molecule has 31 heavy (non-hydrogen) atoms. The number of aromatic nitrogens is 8. The lowest BCUT2D eigenvalue weighted by Crippen LogP contribution is -2.29. The van der Waals surface area contributed by atoms with Crippen molar-refractivity contribution in [3.8, 4) is 5.75 Å². The summed E-state index contributed by atoms with van der Waals surface area (Å²) in [7, 11) is 1.62. The maximum absolute atomic E-state index is 10.5. The van der Waals surface area contributed by atoms with Gasteiger partial charge >= 0.3 is 0 Å². The van der Waals surface area contributed by atoms with Crippen molar-refractivity contribution in [1.82, 2.24) is 40.1 Å². The highest BCUT2D eigenvalue weighted by Crippen LogP contribution is 2.38. The molecular formula is C18H19N9O4. The molecule has 160 valence electrons. The van der Waals surface area contributed by atoms with Crippen LogP contribution in [0.25, 0.3) is 11.2 Å². The molecule has 4 heterocycles. The summed E-state index contributed by atoms with van der Waals surface area (Å²) >= 11 is 0. The lowest BCUT2D eigenvalue weighted by molar-refractivity contribution is -0.0383. The second-order valence-electron chi connectivity index (χ2n) is 6.96. The molecule has 0 aliphatic carbocycles. The van der Waals surface area contributed by atoms with Gasteiger partial charge in [0.2, 0.25) is 0 Å². The zero-order chi connectivity index (χ0) is 21.4. The first-order valence-corrected chi connectivity index (χ1v) is 9.45. The molecule has 5 rings (SSSR count). The minimum atomic E-state index is -1.24. The van der Waals surface area contributed by atoms with Crippen molar-refractivity contribution in [1.29, 1.82) is 0 Å². The van der Waals surface area contributed by atoms with Crippen LogP contribution in [0.3, 0.4) is 0 Å². The van der Waals surface area contributed by atoms with Gasteiger partial charge in [-0.1, -0.05) is 12.1 Å². The second kappa shape index (κ2) is 7.86. The van der Waals surface area contributed by atoms with Crippen LogP contribution in [0.1, 0.15) is 23.7 Å². The lowest BCUT2D eigenvalue weighted by atomic mass is 10.1. The van der Waals surface area contributed by atoms with Crippen molar-refractivity contribution in [3.63, 3.8) is 0 Å². The van der Waals surface area contributed by atoms with Crippen molar-refractivity contribution >= 4 is 17.0 Å². The number of hydrogen-bond donors (Lipinski definition) is 4. The summed E-state index contributed by atoms with van der Waals surface area (Å²) in [5.74, 6) is 1.53. The first-order valence-electron chi connectivity index (χ1n) is 9.45. The van der Waals surface area contributed by atoms with E-state index in [0.717, 1.165) is 11.3 Å². The van der Waals surface area contributed by atoms with Crippen molar-refractivity contribution in [3.05, 3.63) is 48.3 Å². The van der Waals surface area contributed by atoms with Crippen LogP contribution in [0.4, 0.5) is 5.82 Å². The van der Waals surface area contributed by atoms with Gasteiger partial charge < -0.3 is 25.0 Å². The van der Waals surface area contributed by atoms with E-state index in [1.54, 1.807) is 11.7 Å². The van der Waals surface area contributed by atoms with Crippen LogP contribution in [0, 0.1) is 0 Å². The van der Waals surface area contributed by atoms with Gasteiger partial charge in [-0.05, 0) is 28.1 Å². The highest BCUT2D eigenvalue weighted by Gasteiger charge is 2.46. The van der Waals surface area contributed by atoms with E-state index in [-0.39, 0.29) is 5.82 Å². The minimum absolute atomic E-state index is 0.218. The highest BCUT2D eigenvalue weighted by atomic mass is 16.6. The average molecular weight is 425 g/mol. The number of fused-ring (bicyclic) bond motifs is 1. The number of rotatable bonds is 6. The Morgan fingerprint density at radius 1 is 1.16 bits per heavy atom. The Morgan fingerprint density at radius 2 is 2.00 bits per heavy atom. The summed E-state index contributed by atoms with van der Waals surface area (Å²) in [5, 5.41) is 37.5. The molecule has 3 aromatic heterocycles. The summed E-state index contributed by atoms with van der Waals surface area (Å²) in [5.41, 5.74) is 1.99. The first-order chi connectivity index (χ1) is 15.2. The third-order valence-electron chi connectivity index (χ3n) is 5.12. The molecule has 13 nitrogen and oxygen atoms in total. The van der Waals surface area contributed by atoms with Gasteiger partial charge in [-0.15, -0.1) is 5.10 Å². The fourth-order valence-corrected chi connectivity index (χ4v) is 3.50. The maximum atomic E-state index is 10.5. The molecule has 4 atom stereocenters. The molecule has 13 heteroatoms. The zero-order valence-electron chi connectivity index (χ0n) is 16.3. The Labute approximate surface area is 175 Å². The molecule has 1 saturated heterocycles. The molecule has 1 fully saturated rings. The summed E-state index contributed by atoms with van der Waals surface area (Å²) in [6, 6.07) is 7.66. The minimum Gasteiger partial charge on any atom is -0.497 e. The van der Waals surface area contributed by atoms with E-state index >= 15 is 0 Å². The molecule has 0 unspecified atom stereocenters. The molecule has 0 amide bonds. The van der Waals surface area contributed by atoms with E-state index in [1.165, 1.54) is 12.7 Å². The fourth-order valence-electron chi connectivity index (χ4n) is 3.50. The van der Waals surface area contributed by atoms with Gasteiger partial charge in [0, 0.05) is 6.54 Å². The van der Waals surface area contributed by atoms with E-state index in [4.69, 9.17) is 9.47 Å². The topological polar surface area (TPSA) is 169 Å². The molecule has 1 aliphatic heterocycles. The fraction of sp³-hybridized carbons (Fsp3) is 0.333. The molecule has 4 aromatic rings. The number of H-pyrrole nitrogens is 1. The average Bonchev–Trinajstić information content (AvgIpc) is 3.53. The smallest absolute Gasteiger partial charge is 0.180 e. The first kappa shape index (κ1) is 19.3. The van der Waals surface area contributed by atoms with Crippen LogP contribution in [-0.2, 0) is 11.3 Å². The standard InChI is InChI=1S/C18H19N9O4/c1-30-10-4-2-9(3-5-10)6-19-15-11-17(21-7-20-15)27(8-22-11)18-13(29)12(28)14(31-18)16-23-25-26-24-16/h2-5,7-8,12-14,18,28-29H,6H2,1H3,(H,19,20,21)(H,23,24,25,26)/t12-,13+,14+,18-/m1/s1. The maximum Gasteiger partial charge on any atom is 0.180 e. The number of nitrogens with one attached hydrogen (secondary N) is 2. The zero-order valence-corrected chi connectivity index (χ0v) is 16.3. The predicted octanol–water partition coefficient (Wildman–Crippen LogP) is -0.0480.